The summed E-state index contributed by atoms with van der Waals surface area (Å²) in [6, 6.07) is 6.91. The average molecular weight is 507 g/mol. The van der Waals surface area contributed by atoms with Gasteiger partial charge in [0.15, 0.2) is 16.4 Å². The Balaban J connectivity index is 1.68. The molecule has 0 bridgehead atoms. The number of carbonyl (C=O) groups is 1. The molecule has 2 N–H and O–H groups in total. The predicted octanol–water partition coefficient (Wildman–Crippen LogP) is 4.01. The summed E-state index contributed by atoms with van der Waals surface area (Å²) < 4.78 is 12.8. The van der Waals surface area contributed by atoms with Gasteiger partial charge in [0.2, 0.25) is 0 Å². The van der Waals surface area contributed by atoms with Crippen molar-refractivity contribution in [2.24, 2.45) is 0 Å². The lowest BCUT2D eigenvalue weighted by Gasteiger charge is -2.25. The van der Waals surface area contributed by atoms with Gasteiger partial charge in [-0.25, -0.2) is 14.6 Å². The molecule has 0 aliphatic heterocycles. The monoisotopic (exact) mass is 506 g/mol. The number of ether oxygens (including phenoxy) is 2. The molecule has 0 spiro atoms. The first-order valence-corrected chi connectivity index (χ1v) is 12.3. The van der Waals surface area contributed by atoms with Gasteiger partial charge in [0.05, 0.1) is 24.7 Å². The largest absolute Gasteiger partial charge is 0.478 e. The second-order valence-corrected chi connectivity index (χ2v) is 10.3. The summed E-state index contributed by atoms with van der Waals surface area (Å²) in [5, 5.41) is 13.1. The Hall–Kier alpha value is -2.56. The first-order chi connectivity index (χ1) is 16.2. The molecule has 0 saturated carbocycles. The molecule has 184 valence electrons. The average Bonchev–Trinajstić information content (AvgIpc) is 3.18. The highest BCUT2D eigenvalue weighted by Crippen LogP contribution is 2.26. The standard InChI is InChI=1S/C23H31ClN6O3S/c1-15(2)34-22-28-19(25-11-13-32-5)18-14-27-30(20(18)29-22)12-10-26-21(31)23(3,4)33-17-8-6-16(24)7-9-17/h6-9,14-15H,10-13H2,1-5H3,(H,26,31)(H,25,28,29). The number of amides is 1. The van der Waals surface area contributed by atoms with Gasteiger partial charge in [-0.05, 0) is 38.1 Å². The van der Waals surface area contributed by atoms with E-state index in [1.165, 1.54) is 0 Å². The third kappa shape index (κ3) is 6.97. The highest BCUT2D eigenvalue weighted by Gasteiger charge is 2.29. The normalized spacial score (nSPS) is 11.7. The van der Waals surface area contributed by atoms with Crippen molar-refractivity contribution in [1.29, 1.82) is 0 Å². The summed E-state index contributed by atoms with van der Waals surface area (Å²) >= 11 is 7.50. The molecule has 0 aliphatic carbocycles. The van der Waals surface area contributed by atoms with Crippen molar-refractivity contribution in [3.8, 4) is 5.75 Å². The first-order valence-electron chi connectivity index (χ1n) is 11.1. The van der Waals surface area contributed by atoms with Crippen LogP contribution in [0.4, 0.5) is 5.82 Å². The van der Waals surface area contributed by atoms with Gasteiger partial charge in [-0.2, -0.15) is 5.10 Å². The zero-order valence-corrected chi connectivity index (χ0v) is 21.7. The van der Waals surface area contributed by atoms with Crippen LogP contribution in [0.5, 0.6) is 5.75 Å². The number of hydrogen-bond acceptors (Lipinski definition) is 8. The number of hydrogen-bond donors (Lipinski definition) is 2. The number of thioether (sulfide) groups is 1. The number of carbonyl (C=O) groups excluding carboxylic acids is 1. The van der Waals surface area contributed by atoms with Crippen LogP contribution in [-0.2, 0) is 16.1 Å². The summed E-state index contributed by atoms with van der Waals surface area (Å²) in [6.45, 7) is 9.64. The van der Waals surface area contributed by atoms with Gasteiger partial charge in [-0.15, -0.1) is 0 Å². The molecule has 0 atom stereocenters. The lowest BCUT2D eigenvalue weighted by molar-refractivity contribution is -0.134. The Labute approximate surface area is 209 Å². The smallest absolute Gasteiger partial charge is 0.263 e. The Bertz CT molecular complexity index is 1100. The topological polar surface area (TPSA) is 103 Å². The van der Waals surface area contributed by atoms with Gasteiger partial charge in [0.25, 0.3) is 5.91 Å². The third-order valence-corrected chi connectivity index (χ3v) is 5.87. The van der Waals surface area contributed by atoms with E-state index in [1.54, 1.807) is 67.9 Å². The van der Waals surface area contributed by atoms with E-state index in [1.807, 2.05) is 0 Å². The minimum atomic E-state index is -1.05. The van der Waals surface area contributed by atoms with Crippen molar-refractivity contribution >= 4 is 46.1 Å². The van der Waals surface area contributed by atoms with Crippen LogP contribution in [0, 0.1) is 0 Å². The molecule has 2 heterocycles. The zero-order valence-electron chi connectivity index (χ0n) is 20.1. The van der Waals surface area contributed by atoms with Crippen molar-refractivity contribution in [2.75, 3.05) is 32.1 Å². The highest BCUT2D eigenvalue weighted by atomic mass is 35.5. The number of methoxy groups -OCH3 is 1. The van der Waals surface area contributed by atoms with Crippen LogP contribution in [0.2, 0.25) is 5.02 Å². The molecule has 1 aromatic carbocycles. The number of anilines is 1. The quantitative estimate of drug-likeness (QED) is 0.216. The van der Waals surface area contributed by atoms with E-state index in [0.717, 1.165) is 11.2 Å². The molecule has 0 unspecified atom stereocenters. The van der Waals surface area contributed by atoms with Gasteiger partial charge in [-0.1, -0.05) is 37.2 Å². The molecule has 3 aromatic rings. The summed E-state index contributed by atoms with van der Waals surface area (Å²) in [6.07, 6.45) is 1.74. The van der Waals surface area contributed by atoms with Crippen LogP contribution < -0.4 is 15.4 Å². The summed E-state index contributed by atoms with van der Waals surface area (Å²) in [7, 11) is 1.66. The van der Waals surface area contributed by atoms with Crippen molar-refractivity contribution in [1.82, 2.24) is 25.1 Å². The number of fused-ring (bicyclic) bond motifs is 1. The summed E-state index contributed by atoms with van der Waals surface area (Å²) in [5.74, 6) is 1.06. The fourth-order valence-corrected chi connectivity index (χ4v) is 3.93. The van der Waals surface area contributed by atoms with Gasteiger partial charge >= 0.3 is 0 Å². The van der Waals surface area contributed by atoms with Crippen LogP contribution >= 0.6 is 23.4 Å². The van der Waals surface area contributed by atoms with E-state index in [2.05, 4.69) is 34.6 Å². The summed E-state index contributed by atoms with van der Waals surface area (Å²) in [4.78, 5) is 22.1. The van der Waals surface area contributed by atoms with E-state index in [4.69, 9.17) is 26.1 Å². The number of halogens is 1. The minimum Gasteiger partial charge on any atom is -0.478 e. The Morgan fingerprint density at radius 3 is 2.62 bits per heavy atom. The fraction of sp³-hybridized carbons (Fsp3) is 0.478. The van der Waals surface area contributed by atoms with Gasteiger partial charge in [0, 0.05) is 30.5 Å². The highest BCUT2D eigenvalue weighted by molar-refractivity contribution is 7.99. The predicted molar refractivity (Wildman–Crippen MR) is 136 cm³/mol. The number of nitrogens with zero attached hydrogens (tertiary/aromatic N) is 4. The van der Waals surface area contributed by atoms with Gasteiger partial charge in [0.1, 0.15) is 11.6 Å². The van der Waals surface area contributed by atoms with Crippen LogP contribution in [0.3, 0.4) is 0 Å². The van der Waals surface area contributed by atoms with E-state index in [9.17, 15) is 4.79 Å². The molecule has 2 aromatic heterocycles. The van der Waals surface area contributed by atoms with E-state index >= 15 is 0 Å². The number of nitrogens with one attached hydrogen (secondary N) is 2. The van der Waals surface area contributed by atoms with Gasteiger partial charge in [-0.3, -0.25) is 4.79 Å². The molecular weight excluding hydrogens is 476 g/mol. The molecule has 9 nitrogen and oxygen atoms in total. The first kappa shape index (κ1) is 26.1. The zero-order chi connectivity index (χ0) is 24.7. The molecule has 0 radical (unpaired) electrons. The van der Waals surface area contributed by atoms with E-state index in [-0.39, 0.29) is 5.91 Å². The molecule has 34 heavy (non-hydrogen) atoms. The SMILES string of the molecule is COCCNc1nc(SC(C)C)nc2c1cnn2CCNC(=O)C(C)(C)Oc1ccc(Cl)cc1. The lowest BCUT2D eigenvalue weighted by atomic mass is 10.1. The van der Waals surface area contributed by atoms with E-state index < -0.39 is 5.60 Å². The van der Waals surface area contributed by atoms with Crippen molar-refractivity contribution in [2.45, 2.75) is 50.2 Å². The maximum Gasteiger partial charge on any atom is 0.263 e. The fourth-order valence-electron chi connectivity index (χ4n) is 3.10. The van der Waals surface area contributed by atoms with E-state index in [0.29, 0.717) is 53.1 Å². The third-order valence-electron chi connectivity index (χ3n) is 4.76. The molecule has 0 fully saturated rings. The molecule has 1 amide bonds. The summed E-state index contributed by atoms with van der Waals surface area (Å²) in [5.41, 5.74) is -0.342. The Kier molecular flexibility index (Phi) is 8.98. The molecule has 3 rings (SSSR count). The van der Waals surface area contributed by atoms with Gasteiger partial charge < -0.3 is 20.1 Å². The molecule has 0 saturated heterocycles. The maximum atomic E-state index is 12.8. The van der Waals surface area contributed by atoms with Crippen LogP contribution in [-0.4, -0.2) is 63.3 Å². The number of benzene rings is 1. The second-order valence-electron chi connectivity index (χ2n) is 8.37. The molecular formula is C23H31ClN6O3S. The maximum absolute atomic E-state index is 12.8. The van der Waals surface area contributed by atoms with Crippen LogP contribution in [0.25, 0.3) is 11.0 Å². The number of rotatable bonds is 12. The number of aromatic nitrogens is 4. The van der Waals surface area contributed by atoms with Crippen molar-refractivity contribution < 1.29 is 14.3 Å². The van der Waals surface area contributed by atoms with Crippen molar-refractivity contribution in [3.63, 3.8) is 0 Å². The van der Waals surface area contributed by atoms with Crippen LogP contribution in [0.15, 0.2) is 35.6 Å². The van der Waals surface area contributed by atoms with Crippen LogP contribution in [0.1, 0.15) is 27.7 Å². The molecule has 11 heteroatoms. The Morgan fingerprint density at radius 1 is 1.21 bits per heavy atom. The second kappa shape index (κ2) is 11.7. The van der Waals surface area contributed by atoms with Crippen molar-refractivity contribution in [3.05, 3.63) is 35.5 Å². The Morgan fingerprint density at radius 2 is 1.94 bits per heavy atom. The lowest BCUT2D eigenvalue weighted by Crippen LogP contribution is -2.47. The molecule has 0 aliphatic rings. The minimum absolute atomic E-state index is 0.230.